The van der Waals surface area contributed by atoms with Crippen molar-refractivity contribution in [3.8, 4) is 0 Å². The van der Waals surface area contributed by atoms with Crippen LogP contribution in [0.1, 0.15) is 49.3 Å². The van der Waals surface area contributed by atoms with Gasteiger partial charge in [-0.2, -0.15) is 0 Å². The molecule has 1 amide bonds. The fourth-order valence-corrected chi connectivity index (χ4v) is 4.57. The monoisotopic (exact) mass is 439 g/mol. The van der Waals surface area contributed by atoms with Gasteiger partial charge in [0.25, 0.3) is 11.7 Å². The number of nitrogens with zero attached hydrogens (tertiary/aromatic N) is 1. The summed E-state index contributed by atoms with van der Waals surface area (Å²) in [5.74, 6) is -1.21. The van der Waals surface area contributed by atoms with Crippen molar-refractivity contribution in [3.05, 3.63) is 75.8 Å². The summed E-state index contributed by atoms with van der Waals surface area (Å²) < 4.78 is 0.925. The molecular formula is C23H22BrNO3. The Hall–Kier alpha value is -2.40. The summed E-state index contributed by atoms with van der Waals surface area (Å²) in [5, 5.41) is 11.0. The third kappa shape index (κ3) is 3.39. The second-order valence-electron chi connectivity index (χ2n) is 7.42. The quantitative estimate of drug-likeness (QED) is 0.405. The van der Waals surface area contributed by atoms with Crippen LogP contribution < -0.4 is 0 Å². The third-order valence-electron chi connectivity index (χ3n) is 5.68. The number of ketones is 1. The molecule has 4 nitrogen and oxygen atoms in total. The molecule has 1 aliphatic carbocycles. The molecule has 1 aliphatic heterocycles. The highest BCUT2D eigenvalue weighted by atomic mass is 79.9. The van der Waals surface area contributed by atoms with Crippen LogP contribution in [0.2, 0.25) is 0 Å². The second kappa shape index (κ2) is 7.92. The summed E-state index contributed by atoms with van der Waals surface area (Å²) in [4.78, 5) is 27.8. The van der Waals surface area contributed by atoms with E-state index in [0.717, 1.165) is 42.1 Å². The molecule has 1 saturated carbocycles. The average molecular weight is 440 g/mol. The first kappa shape index (κ1) is 18.9. The second-order valence-corrected chi connectivity index (χ2v) is 8.33. The highest BCUT2D eigenvalue weighted by Crippen LogP contribution is 2.43. The topological polar surface area (TPSA) is 57.6 Å². The molecule has 2 fully saturated rings. The number of hydrogen-bond acceptors (Lipinski definition) is 3. The van der Waals surface area contributed by atoms with Gasteiger partial charge in [0, 0.05) is 16.1 Å². The van der Waals surface area contributed by atoms with Crippen LogP contribution in [-0.4, -0.2) is 27.7 Å². The van der Waals surface area contributed by atoms with Gasteiger partial charge >= 0.3 is 0 Å². The number of halogens is 1. The van der Waals surface area contributed by atoms with Gasteiger partial charge in [0.05, 0.1) is 11.6 Å². The van der Waals surface area contributed by atoms with E-state index in [1.54, 1.807) is 29.2 Å². The number of amides is 1. The number of aliphatic hydroxyl groups is 1. The summed E-state index contributed by atoms with van der Waals surface area (Å²) in [5.41, 5.74) is 1.57. The molecule has 5 heteroatoms. The zero-order valence-corrected chi connectivity index (χ0v) is 17.1. The summed E-state index contributed by atoms with van der Waals surface area (Å²) in [6, 6.07) is 16.1. The molecule has 1 saturated heterocycles. The normalized spacial score (nSPS) is 22.6. The number of carbonyl (C=O) groups is 2. The van der Waals surface area contributed by atoms with Crippen LogP contribution in [0, 0.1) is 0 Å². The van der Waals surface area contributed by atoms with E-state index in [2.05, 4.69) is 15.9 Å². The summed E-state index contributed by atoms with van der Waals surface area (Å²) >= 11 is 3.44. The van der Waals surface area contributed by atoms with Crippen molar-refractivity contribution in [2.75, 3.05) is 0 Å². The van der Waals surface area contributed by atoms with E-state index in [0.29, 0.717) is 5.56 Å². The smallest absolute Gasteiger partial charge is 0.295 e. The maximum absolute atomic E-state index is 13.0. The molecular weight excluding hydrogens is 418 g/mol. The lowest BCUT2D eigenvalue weighted by molar-refractivity contribution is -0.141. The summed E-state index contributed by atoms with van der Waals surface area (Å²) in [7, 11) is 0. The number of aliphatic hydroxyl groups excluding tert-OH is 1. The Labute approximate surface area is 173 Å². The molecule has 1 N–H and O–H groups in total. The Morgan fingerprint density at radius 1 is 0.929 bits per heavy atom. The van der Waals surface area contributed by atoms with E-state index in [9.17, 15) is 14.7 Å². The lowest BCUT2D eigenvalue weighted by atomic mass is 9.91. The minimum atomic E-state index is -0.597. The molecule has 0 spiro atoms. The van der Waals surface area contributed by atoms with Crippen LogP contribution in [0.4, 0.5) is 0 Å². The van der Waals surface area contributed by atoms with Gasteiger partial charge < -0.3 is 10.0 Å². The largest absolute Gasteiger partial charge is 0.507 e. The van der Waals surface area contributed by atoms with Gasteiger partial charge in [0.2, 0.25) is 0 Å². The Balaban J connectivity index is 1.86. The predicted molar refractivity (Wildman–Crippen MR) is 112 cm³/mol. The van der Waals surface area contributed by atoms with E-state index in [1.165, 1.54) is 0 Å². The fourth-order valence-electron chi connectivity index (χ4n) is 4.31. The first-order chi connectivity index (χ1) is 13.6. The Morgan fingerprint density at radius 3 is 2.21 bits per heavy atom. The van der Waals surface area contributed by atoms with Crippen molar-refractivity contribution in [2.45, 2.75) is 44.2 Å². The average Bonchev–Trinajstić information content (AvgIpc) is 3.00. The lowest BCUT2D eigenvalue weighted by Crippen LogP contribution is -2.40. The van der Waals surface area contributed by atoms with Crippen molar-refractivity contribution in [2.24, 2.45) is 0 Å². The maximum atomic E-state index is 13.0. The first-order valence-electron chi connectivity index (χ1n) is 9.69. The van der Waals surface area contributed by atoms with Crippen LogP contribution >= 0.6 is 15.9 Å². The molecule has 1 heterocycles. The van der Waals surface area contributed by atoms with E-state index in [-0.39, 0.29) is 17.4 Å². The molecule has 144 valence electrons. The minimum absolute atomic E-state index is 0.0277. The summed E-state index contributed by atoms with van der Waals surface area (Å²) in [6.07, 6.45) is 5.06. The van der Waals surface area contributed by atoms with Crippen LogP contribution in [0.3, 0.4) is 0 Å². The zero-order chi connectivity index (χ0) is 19.7. The molecule has 28 heavy (non-hydrogen) atoms. The first-order valence-corrected chi connectivity index (χ1v) is 10.5. The number of carbonyl (C=O) groups excluding carboxylic acids is 2. The highest BCUT2D eigenvalue weighted by Gasteiger charge is 2.48. The fraction of sp³-hybridized carbons (Fsp3) is 0.304. The number of likely N-dealkylation sites (tertiary alicyclic amines) is 1. The van der Waals surface area contributed by atoms with Crippen LogP contribution in [-0.2, 0) is 9.59 Å². The number of Topliss-reactive ketones (excluding diaryl/α,β-unsaturated/α-hetero) is 1. The van der Waals surface area contributed by atoms with Crippen molar-refractivity contribution in [1.82, 2.24) is 4.90 Å². The van der Waals surface area contributed by atoms with Crippen LogP contribution in [0.25, 0.3) is 5.76 Å². The van der Waals surface area contributed by atoms with Gasteiger partial charge in [-0.1, -0.05) is 77.7 Å². The SMILES string of the molecule is O=C1C(=O)N(C2CCCCC2)[C@H](c2ccc(Br)cc2)C1=C(O)c1ccccc1. The van der Waals surface area contributed by atoms with Gasteiger partial charge in [-0.05, 0) is 30.5 Å². The number of benzene rings is 2. The van der Waals surface area contributed by atoms with E-state index in [4.69, 9.17) is 0 Å². The zero-order valence-electron chi connectivity index (χ0n) is 15.5. The van der Waals surface area contributed by atoms with Crippen molar-refractivity contribution < 1.29 is 14.7 Å². The van der Waals surface area contributed by atoms with Gasteiger partial charge in [-0.25, -0.2) is 0 Å². The minimum Gasteiger partial charge on any atom is -0.507 e. The molecule has 2 aromatic rings. The van der Waals surface area contributed by atoms with Gasteiger partial charge in [0.15, 0.2) is 0 Å². The molecule has 0 bridgehead atoms. The molecule has 2 aromatic carbocycles. The maximum Gasteiger partial charge on any atom is 0.295 e. The molecule has 0 aromatic heterocycles. The van der Waals surface area contributed by atoms with Crippen molar-refractivity contribution >= 4 is 33.4 Å². The standard InChI is InChI=1S/C23H22BrNO3/c24-17-13-11-15(12-14-17)20-19(21(26)16-7-3-1-4-8-16)22(27)23(28)25(20)18-9-5-2-6-10-18/h1,3-4,7-8,11-14,18,20,26H,2,5-6,9-10H2/t20-/m1/s1. The number of rotatable bonds is 3. The molecule has 0 unspecified atom stereocenters. The Bertz CT molecular complexity index is 915. The van der Waals surface area contributed by atoms with E-state index >= 15 is 0 Å². The lowest BCUT2D eigenvalue weighted by Gasteiger charge is -2.35. The Morgan fingerprint density at radius 2 is 1.57 bits per heavy atom. The molecule has 1 atom stereocenters. The molecule has 0 radical (unpaired) electrons. The van der Waals surface area contributed by atoms with E-state index in [1.807, 2.05) is 30.3 Å². The Kier molecular flexibility index (Phi) is 5.36. The van der Waals surface area contributed by atoms with Gasteiger partial charge in [0.1, 0.15) is 5.76 Å². The molecule has 2 aliphatic rings. The van der Waals surface area contributed by atoms with Crippen LogP contribution in [0.5, 0.6) is 0 Å². The highest BCUT2D eigenvalue weighted by molar-refractivity contribution is 9.10. The summed E-state index contributed by atoms with van der Waals surface area (Å²) in [6.45, 7) is 0. The van der Waals surface area contributed by atoms with Crippen molar-refractivity contribution in [1.29, 1.82) is 0 Å². The van der Waals surface area contributed by atoms with Crippen molar-refractivity contribution in [3.63, 3.8) is 0 Å². The van der Waals surface area contributed by atoms with E-state index < -0.39 is 17.7 Å². The van der Waals surface area contributed by atoms with Crippen LogP contribution in [0.15, 0.2) is 64.6 Å². The molecule has 4 rings (SSSR count). The number of hydrogen-bond donors (Lipinski definition) is 1. The third-order valence-corrected chi connectivity index (χ3v) is 6.21. The van der Waals surface area contributed by atoms with Gasteiger partial charge in [-0.15, -0.1) is 0 Å². The van der Waals surface area contributed by atoms with Gasteiger partial charge in [-0.3, -0.25) is 9.59 Å². The predicted octanol–water partition coefficient (Wildman–Crippen LogP) is 5.20.